The third-order valence-electron chi connectivity index (χ3n) is 8.29. The maximum Gasteiger partial charge on any atom is 0.439 e. The van der Waals surface area contributed by atoms with Gasteiger partial charge in [-0.1, -0.05) is 36.5 Å². The van der Waals surface area contributed by atoms with Crippen molar-refractivity contribution in [3.63, 3.8) is 0 Å². The first-order valence-electron chi connectivity index (χ1n) is 14.3. The molecule has 1 saturated heterocycles. The highest BCUT2D eigenvalue weighted by atomic mass is 35.5. The Bertz CT molecular complexity index is 1520. The van der Waals surface area contributed by atoms with Gasteiger partial charge >= 0.3 is 5.76 Å². The predicted molar refractivity (Wildman–Crippen MR) is 151 cm³/mol. The molecule has 0 radical (unpaired) electrons. The quantitative estimate of drug-likeness (QED) is 0.283. The average Bonchev–Trinajstić information content (AvgIpc) is 3.56. The van der Waals surface area contributed by atoms with Gasteiger partial charge in [0, 0.05) is 44.3 Å². The van der Waals surface area contributed by atoms with Crippen LogP contribution in [0.3, 0.4) is 0 Å². The molecule has 10 nitrogen and oxygen atoms in total. The maximum atomic E-state index is 11.8. The molecule has 0 bridgehead atoms. The molecule has 0 spiro atoms. The van der Waals surface area contributed by atoms with E-state index in [4.69, 9.17) is 35.6 Å². The number of halogens is 1. The number of aromatic amines is 1. The number of aromatic nitrogens is 6. The molecule has 0 amide bonds. The number of nitrogens with one attached hydrogen (secondary N) is 1. The topological polar surface area (TPSA) is 121 Å². The molecule has 4 aromatic rings. The van der Waals surface area contributed by atoms with Crippen molar-refractivity contribution in [3.8, 4) is 22.8 Å². The van der Waals surface area contributed by atoms with Crippen molar-refractivity contribution in [2.45, 2.75) is 65.0 Å². The Hall–Kier alpha value is -3.08. The van der Waals surface area contributed by atoms with E-state index in [2.05, 4.69) is 26.6 Å². The van der Waals surface area contributed by atoms with E-state index >= 15 is 0 Å². The molecule has 1 unspecified atom stereocenters. The fraction of sp³-hybridized carbons (Fsp3) is 0.552. The van der Waals surface area contributed by atoms with Gasteiger partial charge in [0.15, 0.2) is 0 Å². The van der Waals surface area contributed by atoms with Gasteiger partial charge in [0.1, 0.15) is 17.6 Å². The van der Waals surface area contributed by atoms with Crippen LogP contribution < -0.4 is 5.76 Å². The van der Waals surface area contributed by atoms with Gasteiger partial charge < -0.3 is 14.0 Å². The number of ether oxygens (including phenoxy) is 2. The van der Waals surface area contributed by atoms with Crippen LogP contribution in [0.4, 0.5) is 0 Å². The molecule has 1 saturated carbocycles. The summed E-state index contributed by atoms with van der Waals surface area (Å²) in [5.74, 6) is 2.09. The van der Waals surface area contributed by atoms with E-state index in [9.17, 15) is 4.79 Å². The molecule has 6 rings (SSSR count). The average molecular weight is 567 g/mol. The van der Waals surface area contributed by atoms with Crippen molar-refractivity contribution >= 4 is 22.6 Å². The number of hydrogen-bond acceptors (Lipinski definition) is 8. The lowest BCUT2D eigenvalue weighted by Gasteiger charge is -2.32. The van der Waals surface area contributed by atoms with Gasteiger partial charge in [-0.2, -0.15) is 0 Å². The summed E-state index contributed by atoms with van der Waals surface area (Å²) in [6.07, 6.45) is 9.83. The number of rotatable bonds is 8. The van der Waals surface area contributed by atoms with Gasteiger partial charge in [-0.15, -0.1) is 0 Å². The van der Waals surface area contributed by atoms with Crippen LogP contribution in [0.15, 0.2) is 33.8 Å². The summed E-state index contributed by atoms with van der Waals surface area (Å²) in [7, 11) is 0. The second-order valence-corrected chi connectivity index (χ2v) is 11.5. The lowest BCUT2D eigenvalue weighted by atomic mass is 9.83. The van der Waals surface area contributed by atoms with E-state index in [0.29, 0.717) is 34.9 Å². The molecule has 11 heteroatoms. The molecule has 2 fully saturated rings. The number of hydrogen-bond donors (Lipinski definition) is 1. The third kappa shape index (κ3) is 5.57. The fourth-order valence-corrected chi connectivity index (χ4v) is 6.34. The molecule has 1 aliphatic heterocycles. The van der Waals surface area contributed by atoms with Crippen molar-refractivity contribution in [1.29, 1.82) is 0 Å². The van der Waals surface area contributed by atoms with Gasteiger partial charge in [-0.25, -0.2) is 14.8 Å². The van der Waals surface area contributed by atoms with E-state index in [1.165, 1.54) is 25.7 Å². The van der Waals surface area contributed by atoms with E-state index < -0.39 is 5.76 Å². The lowest BCUT2D eigenvalue weighted by Crippen LogP contribution is -2.27. The van der Waals surface area contributed by atoms with Gasteiger partial charge in [-0.05, 0) is 62.5 Å². The molecular weight excluding hydrogens is 532 g/mol. The van der Waals surface area contributed by atoms with Gasteiger partial charge in [0.25, 0.3) is 0 Å². The van der Waals surface area contributed by atoms with Crippen LogP contribution in [-0.4, -0.2) is 49.5 Å². The highest BCUT2D eigenvalue weighted by molar-refractivity contribution is 6.30. The summed E-state index contributed by atoms with van der Waals surface area (Å²) in [6.45, 7) is 7.23. The van der Waals surface area contributed by atoms with Crippen LogP contribution in [0.2, 0.25) is 5.02 Å². The Kier molecular flexibility index (Phi) is 8.00. The summed E-state index contributed by atoms with van der Waals surface area (Å²) in [4.78, 5) is 29.0. The van der Waals surface area contributed by atoms with Crippen LogP contribution in [-0.2, 0) is 16.0 Å². The Morgan fingerprint density at radius 2 is 1.93 bits per heavy atom. The van der Waals surface area contributed by atoms with Gasteiger partial charge in [-0.3, -0.25) is 14.5 Å². The number of imidazole rings is 1. The Labute approximate surface area is 237 Å². The molecule has 1 atom stereocenters. The number of H-pyrrole nitrogens is 1. The SMILES string of the molecule is CCOC(c1nc2cc(-c3noc(=O)[nH]3)nc(-c3cncc(Cl)c3)c2n1CC1CCC(C)CC1)C1CCOCC1. The third-order valence-corrected chi connectivity index (χ3v) is 8.49. The van der Waals surface area contributed by atoms with Crippen molar-refractivity contribution in [1.82, 2.24) is 29.7 Å². The van der Waals surface area contributed by atoms with Crippen LogP contribution in [0.1, 0.15) is 64.3 Å². The summed E-state index contributed by atoms with van der Waals surface area (Å²) in [6, 6.07) is 3.71. The van der Waals surface area contributed by atoms with E-state index in [0.717, 1.165) is 60.9 Å². The highest BCUT2D eigenvalue weighted by Crippen LogP contribution is 2.40. The minimum atomic E-state index is -0.642. The summed E-state index contributed by atoms with van der Waals surface area (Å²) >= 11 is 6.39. The van der Waals surface area contributed by atoms with Crippen molar-refractivity contribution in [2.75, 3.05) is 19.8 Å². The smallest absolute Gasteiger partial charge is 0.381 e. The molecule has 40 heavy (non-hydrogen) atoms. The van der Waals surface area contributed by atoms with E-state index in [1.807, 2.05) is 19.1 Å². The van der Waals surface area contributed by atoms with E-state index in [-0.39, 0.29) is 11.9 Å². The molecule has 212 valence electrons. The van der Waals surface area contributed by atoms with Crippen molar-refractivity contribution in [3.05, 3.63) is 45.9 Å². The number of pyridine rings is 2. The largest absolute Gasteiger partial charge is 0.439 e. The minimum absolute atomic E-state index is 0.176. The first-order valence-corrected chi connectivity index (χ1v) is 14.7. The van der Waals surface area contributed by atoms with Crippen LogP contribution in [0.5, 0.6) is 0 Å². The molecule has 1 aliphatic carbocycles. The van der Waals surface area contributed by atoms with Crippen molar-refractivity contribution in [2.24, 2.45) is 17.8 Å². The minimum Gasteiger partial charge on any atom is -0.381 e. The zero-order valence-corrected chi connectivity index (χ0v) is 23.7. The van der Waals surface area contributed by atoms with Crippen molar-refractivity contribution < 1.29 is 14.0 Å². The maximum absolute atomic E-state index is 11.8. The zero-order chi connectivity index (χ0) is 27.6. The second-order valence-electron chi connectivity index (χ2n) is 11.1. The number of nitrogens with zero attached hydrogens (tertiary/aromatic N) is 5. The summed E-state index contributed by atoms with van der Waals surface area (Å²) in [5.41, 5.74) is 3.55. The number of fused-ring (bicyclic) bond motifs is 1. The second kappa shape index (κ2) is 11.8. The Morgan fingerprint density at radius 1 is 1.12 bits per heavy atom. The fourth-order valence-electron chi connectivity index (χ4n) is 6.17. The predicted octanol–water partition coefficient (Wildman–Crippen LogP) is 5.82. The summed E-state index contributed by atoms with van der Waals surface area (Å²) < 4.78 is 19.3. The molecular formula is C29H35ClN6O4. The Balaban J connectivity index is 1.57. The molecule has 2 aliphatic rings. The summed E-state index contributed by atoms with van der Waals surface area (Å²) in [5, 5.41) is 4.40. The zero-order valence-electron chi connectivity index (χ0n) is 22.9. The lowest BCUT2D eigenvalue weighted by molar-refractivity contribution is -0.0370. The normalized spacial score (nSPS) is 21.2. The first kappa shape index (κ1) is 27.1. The van der Waals surface area contributed by atoms with Crippen LogP contribution in [0, 0.1) is 17.8 Å². The van der Waals surface area contributed by atoms with E-state index in [1.54, 1.807) is 12.4 Å². The van der Waals surface area contributed by atoms with Crippen LogP contribution in [0.25, 0.3) is 33.8 Å². The molecule has 1 N–H and O–H groups in total. The monoisotopic (exact) mass is 566 g/mol. The molecule has 0 aromatic carbocycles. The molecule has 5 heterocycles. The van der Waals surface area contributed by atoms with Gasteiger partial charge in [0.2, 0.25) is 5.82 Å². The standard InChI is InChI=1S/C29H35ClN6O4/c1-3-39-26(19-8-10-38-11-9-19)28-33-22-13-23(27-34-29(37)40-35-27)32-24(20-12-21(30)15-31-14-20)25(22)36(28)16-18-6-4-17(2)5-7-18/h12-15,17-19,26H,3-11,16H2,1-2H3,(H,34,35,37). The Morgan fingerprint density at radius 3 is 2.62 bits per heavy atom. The van der Waals surface area contributed by atoms with Crippen LogP contribution >= 0.6 is 11.6 Å². The van der Waals surface area contributed by atoms with Gasteiger partial charge in [0.05, 0.1) is 21.7 Å². The first-order chi connectivity index (χ1) is 19.5. The molecule has 4 aromatic heterocycles. The highest BCUT2D eigenvalue weighted by Gasteiger charge is 2.33.